The number of hydrogen-bond acceptors (Lipinski definition) is 3. The summed E-state index contributed by atoms with van der Waals surface area (Å²) in [6, 6.07) is 4.50. The van der Waals surface area contributed by atoms with Gasteiger partial charge in [-0.3, -0.25) is 13.9 Å². The molecule has 0 bridgehead atoms. The van der Waals surface area contributed by atoms with Gasteiger partial charge in [0.15, 0.2) is 0 Å². The molecular formula is C14H13F3N2O3. The van der Waals surface area contributed by atoms with Crippen molar-refractivity contribution in [3.05, 3.63) is 62.9 Å². The van der Waals surface area contributed by atoms with Crippen LogP contribution in [0.4, 0.5) is 13.2 Å². The predicted octanol–water partition coefficient (Wildman–Crippen LogP) is 1.57. The zero-order valence-electron chi connectivity index (χ0n) is 11.5. The molecule has 22 heavy (non-hydrogen) atoms. The van der Waals surface area contributed by atoms with Crippen molar-refractivity contribution in [2.75, 3.05) is 6.61 Å². The maximum atomic E-state index is 12.7. The Morgan fingerprint density at radius 1 is 1.23 bits per heavy atom. The number of aliphatic hydroxyl groups is 1. The van der Waals surface area contributed by atoms with Crippen LogP contribution in [0.15, 0.2) is 46.1 Å². The molecule has 0 aliphatic carbocycles. The third-order valence-corrected chi connectivity index (χ3v) is 3.17. The van der Waals surface area contributed by atoms with Crippen LogP contribution in [0, 0.1) is 0 Å². The first-order valence-electron chi connectivity index (χ1n) is 6.38. The SMILES string of the molecule is CC(CO)n1c(=O)ccn(-c2cccc(C(F)(F)F)c2)c1=O. The number of hydrogen-bond donors (Lipinski definition) is 1. The minimum absolute atomic E-state index is 0.0151. The van der Waals surface area contributed by atoms with Crippen molar-refractivity contribution < 1.29 is 18.3 Å². The van der Waals surface area contributed by atoms with Crippen molar-refractivity contribution in [3.63, 3.8) is 0 Å². The molecule has 0 spiro atoms. The summed E-state index contributed by atoms with van der Waals surface area (Å²) in [4.78, 5) is 24.0. The largest absolute Gasteiger partial charge is 0.416 e. The lowest BCUT2D eigenvalue weighted by molar-refractivity contribution is -0.137. The van der Waals surface area contributed by atoms with E-state index < -0.39 is 35.6 Å². The molecule has 1 heterocycles. The molecular weight excluding hydrogens is 301 g/mol. The number of nitrogens with zero attached hydrogens (tertiary/aromatic N) is 2. The zero-order chi connectivity index (χ0) is 16.5. The molecule has 1 N–H and O–H groups in total. The molecule has 1 atom stereocenters. The van der Waals surface area contributed by atoms with Gasteiger partial charge in [-0.2, -0.15) is 13.2 Å². The summed E-state index contributed by atoms with van der Waals surface area (Å²) in [5.41, 5.74) is -2.35. The number of rotatable bonds is 3. The first-order valence-corrected chi connectivity index (χ1v) is 6.38. The van der Waals surface area contributed by atoms with Gasteiger partial charge in [-0.25, -0.2) is 4.79 Å². The molecule has 2 rings (SSSR count). The molecule has 8 heteroatoms. The van der Waals surface area contributed by atoms with Gasteiger partial charge in [-0.15, -0.1) is 0 Å². The molecule has 0 amide bonds. The lowest BCUT2D eigenvalue weighted by Crippen LogP contribution is -2.41. The van der Waals surface area contributed by atoms with Gasteiger partial charge in [0.1, 0.15) is 0 Å². The van der Waals surface area contributed by atoms with Crippen molar-refractivity contribution in [1.82, 2.24) is 9.13 Å². The first-order chi connectivity index (χ1) is 10.3. The summed E-state index contributed by atoms with van der Waals surface area (Å²) in [6.45, 7) is 1.01. The van der Waals surface area contributed by atoms with Crippen molar-refractivity contribution in [3.8, 4) is 5.69 Å². The number of halogens is 3. The lowest BCUT2D eigenvalue weighted by atomic mass is 10.2. The van der Waals surface area contributed by atoms with Crippen LogP contribution in [-0.4, -0.2) is 20.8 Å². The highest BCUT2D eigenvalue weighted by Crippen LogP contribution is 2.30. The van der Waals surface area contributed by atoms with Gasteiger partial charge in [0.2, 0.25) is 0 Å². The fourth-order valence-electron chi connectivity index (χ4n) is 2.01. The van der Waals surface area contributed by atoms with E-state index in [9.17, 15) is 22.8 Å². The van der Waals surface area contributed by atoms with E-state index in [0.717, 1.165) is 33.5 Å². The predicted molar refractivity (Wildman–Crippen MR) is 73.1 cm³/mol. The summed E-state index contributed by atoms with van der Waals surface area (Å²) in [6.07, 6.45) is -3.42. The second-order valence-electron chi connectivity index (χ2n) is 4.76. The quantitative estimate of drug-likeness (QED) is 0.935. The molecule has 118 valence electrons. The molecule has 1 aromatic heterocycles. The average Bonchev–Trinajstić information content (AvgIpc) is 2.46. The van der Waals surface area contributed by atoms with Gasteiger partial charge < -0.3 is 5.11 Å². The van der Waals surface area contributed by atoms with Crippen LogP contribution in [0.25, 0.3) is 5.69 Å². The van der Waals surface area contributed by atoms with Crippen LogP contribution in [0.2, 0.25) is 0 Å². The highest BCUT2D eigenvalue weighted by atomic mass is 19.4. The van der Waals surface area contributed by atoms with Crippen molar-refractivity contribution in [1.29, 1.82) is 0 Å². The fourth-order valence-corrected chi connectivity index (χ4v) is 2.01. The van der Waals surface area contributed by atoms with Crippen LogP contribution >= 0.6 is 0 Å². The lowest BCUT2D eigenvalue weighted by Gasteiger charge is -2.15. The fraction of sp³-hybridized carbons (Fsp3) is 0.286. The first kappa shape index (κ1) is 16.0. The number of aliphatic hydroxyl groups excluding tert-OH is 1. The van der Waals surface area contributed by atoms with Gasteiger partial charge >= 0.3 is 11.9 Å². The van der Waals surface area contributed by atoms with E-state index in [2.05, 4.69) is 0 Å². The van der Waals surface area contributed by atoms with Crippen molar-refractivity contribution in [2.45, 2.75) is 19.1 Å². The van der Waals surface area contributed by atoms with Crippen LogP contribution in [0.5, 0.6) is 0 Å². The van der Waals surface area contributed by atoms with Gasteiger partial charge in [-0.1, -0.05) is 6.07 Å². The summed E-state index contributed by atoms with van der Waals surface area (Å²) < 4.78 is 39.9. The second kappa shape index (κ2) is 5.80. The molecule has 0 aliphatic rings. The Labute approximate surface area is 122 Å². The van der Waals surface area contributed by atoms with Crippen molar-refractivity contribution in [2.24, 2.45) is 0 Å². The minimum Gasteiger partial charge on any atom is -0.394 e. The summed E-state index contributed by atoms with van der Waals surface area (Å²) in [7, 11) is 0. The third kappa shape index (κ3) is 2.96. The third-order valence-electron chi connectivity index (χ3n) is 3.17. The standard InChI is InChI=1S/C14H13F3N2O3/c1-9(8-20)19-12(21)5-6-18(13(19)22)11-4-2-3-10(7-11)14(15,16)17/h2-7,9,20H,8H2,1H3. The summed E-state index contributed by atoms with van der Waals surface area (Å²) in [5, 5.41) is 9.09. The van der Waals surface area contributed by atoms with Gasteiger partial charge in [0.25, 0.3) is 5.56 Å². The number of benzene rings is 1. The van der Waals surface area contributed by atoms with Crippen LogP contribution in [0.1, 0.15) is 18.5 Å². The Balaban J connectivity index is 2.65. The molecule has 5 nitrogen and oxygen atoms in total. The molecule has 0 radical (unpaired) electrons. The monoisotopic (exact) mass is 314 g/mol. The van der Waals surface area contributed by atoms with E-state index in [1.807, 2.05) is 0 Å². The summed E-state index contributed by atoms with van der Waals surface area (Å²) >= 11 is 0. The van der Waals surface area contributed by atoms with Crippen LogP contribution in [-0.2, 0) is 6.18 Å². The topological polar surface area (TPSA) is 64.2 Å². The molecule has 0 fully saturated rings. The van der Waals surface area contributed by atoms with Crippen LogP contribution < -0.4 is 11.2 Å². The van der Waals surface area contributed by atoms with Crippen molar-refractivity contribution >= 4 is 0 Å². The normalized spacial score (nSPS) is 13.1. The molecule has 0 saturated heterocycles. The highest BCUT2D eigenvalue weighted by molar-refractivity contribution is 5.37. The van der Waals surface area contributed by atoms with Gasteiger partial charge in [0.05, 0.1) is 23.9 Å². The Hall–Kier alpha value is -2.35. The van der Waals surface area contributed by atoms with Gasteiger partial charge in [-0.05, 0) is 25.1 Å². The van der Waals surface area contributed by atoms with E-state index in [-0.39, 0.29) is 5.69 Å². The van der Waals surface area contributed by atoms with E-state index >= 15 is 0 Å². The molecule has 1 unspecified atom stereocenters. The Bertz CT molecular complexity index is 793. The van der Waals surface area contributed by atoms with Gasteiger partial charge in [0, 0.05) is 12.3 Å². The zero-order valence-corrected chi connectivity index (χ0v) is 11.5. The Morgan fingerprint density at radius 2 is 1.91 bits per heavy atom. The Morgan fingerprint density at radius 3 is 2.50 bits per heavy atom. The van der Waals surface area contributed by atoms with E-state index in [1.165, 1.54) is 19.1 Å². The second-order valence-corrected chi connectivity index (χ2v) is 4.76. The molecule has 2 aromatic rings. The molecule has 0 saturated carbocycles. The van der Waals surface area contributed by atoms with E-state index in [1.54, 1.807) is 0 Å². The number of alkyl halides is 3. The minimum atomic E-state index is -4.54. The number of aromatic nitrogens is 2. The molecule has 1 aromatic carbocycles. The molecule has 0 aliphatic heterocycles. The van der Waals surface area contributed by atoms with E-state index in [4.69, 9.17) is 5.11 Å². The van der Waals surface area contributed by atoms with E-state index in [0.29, 0.717) is 0 Å². The Kier molecular flexibility index (Phi) is 4.23. The maximum Gasteiger partial charge on any atom is 0.416 e. The highest BCUT2D eigenvalue weighted by Gasteiger charge is 2.30. The van der Waals surface area contributed by atoms with Crippen LogP contribution in [0.3, 0.4) is 0 Å². The summed E-state index contributed by atoms with van der Waals surface area (Å²) in [5.74, 6) is 0. The maximum absolute atomic E-state index is 12.7. The smallest absolute Gasteiger partial charge is 0.394 e. The average molecular weight is 314 g/mol.